The van der Waals surface area contributed by atoms with E-state index in [1.54, 1.807) is 0 Å². The van der Waals surface area contributed by atoms with Crippen LogP contribution in [-0.4, -0.2) is 6.04 Å². The predicted octanol–water partition coefficient (Wildman–Crippen LogP) is 2.83. The summed E-state index contributed by atoms with van der Waals surface area (Å²) >= 11 is 0. The number of hydrogen-bond donors (Lipinski definition) is 2. The summed E-state index contributed by atoms with van der Waals surface area (Å²) in [4.78, 5) is 0. The highest BCUT2D eigenvalue weighted by Crippen LogP contribution is 2.38. The Bertz CT molecular complexity index is 189. The molecule has 0 heterocycles. The molecule has 2 aliphatic carbocycles. The maximum absolute atomic E-state index is 5.70. The van der Waals surface area contributed by atoms with Crippen LogP contribution in [0.15, 0.2) is 0 Å². The molecule has 2 nitrogen and oxygen atoms in total. The maximum atomic E-state index is 5.70. The van der Waals surface area contributed by atoms with Gasteiger partial charge in [0.1, 0.15) is 0 Å². The SMILES string of the molecule is CCC1CCC(C(CCC2CC2)NN)C1. The van der Waals surface area contributed by atoms with Gasteiger partial charge in [0.15, 0.2) is 0 Å². The minimum atomic E-state index is 0.599. The molecule has 88 valence electrons. The fourth-order valence-electron chi connectivity index (χ4n) is 3.13. The van der Waals surface area contributed by atoms with Gasteiger partial charge in [-0.15, -0.1) is 0 Å². The minimum Gasteiger partial charge on any atom is -0.271 e. The normalized spacial score (nSPS) is 33.2. The van der Waals surface area contributed by atoms with E-state index in [0.29, 0.717) is 6.04 Å². The first-order valence-corrected chi connectivity index (χ1v) is 6.79. The molecular formula is C13H26N2. The van der Waals surface area contributed by atoms with Gasteiger partial charge in [0.2, 0.25) is 0 Å². The highest BCUT2D eigenvalue weighted by atomic mass is 15.2. The zero-order valence-corrected chi connectivity index (χ0v) is 10.0. The van der Waals surface area contributed by atoms with E-state index >= 15 is 0 Å². The Hall–Kier alpha value is -0.0800. The van der Waals surface area contributed by atoms with Gasteiger partial charge >= 0.3 is 0 Å². The van der Waals surface area contributed by atoms with Gasteiger partial charge in [-0.2, -0.15) is 0 Å². The lowest BCUT2D eigenvalue weighted by Gasteiger charge is -2.22. The smallest absolute Gasteiger partial charge is 0.0238 e. The number of hydrogen-bond acceptors (Lipinski definition) is 2. The van der Waals surface area contributed by atoms with Crippen molar-refractivity contribution in [1.29, 1.82) is 0 Å². The summed E-state index contributed by atoms with van der Waals surface area (Å²) in [6.07, 6.45) is 11.3. The number of nitrogens with one attached hydrogen (secondary N) is 1. The lowest BCUT2D eigenvalue weighted by atomic mass is 9.92. The van der Waals surface area contributed by atoms with Crippen LogP contribution in [0.25, 0.3) is 0 Å². The van der Waals surface area contributed by atoms with Crippen LogP contribution in [0.4, 0.5) is 0 Å². The van der Waals surface area contributed by atoms with Crippen LogP contribution in [-0.2, 0) is 0 Å². The third kappa shape index (κ3) is 3.18. The van der Waals surface area contributed by atoms with E-state index < -0.39 is 0 Å². The molecule has 3 N–H and O–H groups in total. The third-order valence-corrected chi connectivity index (χ3v) is 4.53. The van der Waals surface area contributed by atoms with Crippen LogP contribution in [0.3, 0.4) is 0 Å². The van der Waals surface area contributed by atoms with Gasteiger partial charge in [-0.1, -0.05) is 32.6 Å². The summed E-state index contributed by atoms with van der Waals surface area (Å²) in [6, 6.07) is 0.599. The first-order chi connectivity index (χ1) is 7.33. The molecular weight excluding hydrogens is 184 g/mol. The summed E-state index contributed by atoms with van der Waals surface area (Å²) in [5, 5.41) is 0. The van der Waals surface area contributed by atoms with Crippen molar-refractivity contribution in [3.05, 3.63) is 0 Å². The second-order valence-corrected chi connectivity index (χ2v) is 5.64. The van der Waals surface area contributed by atoms with Gasteiger partial charge in [-0.05, 0) is 43.4 Å². The van der Waals surface area contributed by atoms with Gasteiger partial charge in [0.25, 0.3) is 0 Å². The first kappa shape index (κ1) is 11.4. The van der Waals surface area contributed by atoms with Crippen molar-refractivity contribution in [2.75, 3.05) is 0 Å². The van der Waals surface area contributed by atoms with Crippen LogP contribution in [0, 0.1) is 17.8 Å². The molecule has 3 atom stereocenters. The summed E-state index contributed by atoms with van der Waals surface area (Å²) in [5.74, 6) is 8.58. The first-order valence-electron chi connectivity index (χ1n) is 6.79. The molecule has 0 aromatic heterocycles. The topological polar surface area (TPSA) is 38.0 Å². The molecule has 0 aromatic carbocycles. The summed E-state index contributed by atoms with van der Waals surface area (Å²) in [7, 11) is 0. The van der Waals surface area contributed by atoms with Crippen LogP contribution in [0.2, 0.25) is 0 Å². The van der Waals surface area contributed by atoms with Crippen LogP contribution in [0.1, 0.15) is 58.3 Å². The Morgan fingerprint density at radius 3 is 2.47 bits per heavy atom. The molecule has 2 aliphatic rings. The summed E-state index contributed by atoms with van der Waals surface area (Å²) < 4.78 is 0. The van der Waals surface area contributed by atoms with Crippen LogP contribution in [0.5, 0.6) is 0 Å². The quantitative estimate of drug-likeness (QED) is 0.522. The molecule has 0 aliphatic heterocycles. The molecule has 15 heavy (non-hydrogen) atoms. The fourth-order valence-corrected chi connectivity index (χ4v) is 3.13. The van der Waals surface area contributed by atoms with Crippen molar-refractivity contribution < 1.29 is 0 Å². The number of nitrogens with two attached hydrogens (primary N) is 1. The summed E-state index contributed by atoms with van der Waals surface area (Å²) in [6.45, 7) is 2.32. The van der Waals surface area contributed by atoms with Crippen molar-refractivity contribution in [3.8, 4) is 0 Å². The zero-order chi connectivity index (χ0) is 10.7. The van der Waals surface area contributed by atoms with E-state index in [1.807, 2.05) is 0 Å². The molecule has 0 spiro atoms. The van der Waals surface area contributed by atoms with E-state index in [2.05, 4.69) is 12.3 Å². The highest BCUT2D eigenvalue weighted by molar-refractivity contribution is 4.85. The van der Waals surface area contributed by atoms with Gasteiger partial charge in [0, 0.05) is 6.04 Å². The lowest BCUT2D eigenvalue weighted by molar-refractivity contribution is 0.323. The van der Waals surface area contributed by atoms with Gasteiger partial charge in [0.05, 0.1) is 0 Å². The second-order valence-electron chi connectivity index (χ2n) is 5.64. The lowest BCUT2D eigenvalue weighted by Crippen LogP contribution is -2.40. The van der Waals surface area contributed by atoms with Crippen molar-refractivity contribution >= 4 is 0 Å². The Kier molecular flexibility index (Phi) is 4.04. The molecule has 2 fully saturated rings. The Labute approximate surface area is 94.0 Å². The van der Waals surface area contributed by atoms with Crippen LogP contribution < -0.4 is 11.3 Å². The van der Waals surface area contributed by atoms with Crippen molar-refractivity contribution in [3.63, 3.8) is 0 Å². The van der Waals surface area contributed by atoms with Gasteiger partial charge in [-0.3, -0.25) is 11.3 Å². The molecule has 2 saturated carbocycles. The predicted molar refractivity (Wildman–Crippen MR) is 64.2 cm³/mol. The molecule has 0 aromatic rings. The standard InChI is InChI=1S/C13H26N2/c1-2-10-5-7-12(9-10)13(15-14)8-6-11-3-4-11/h10-13,15H,2-9,14H2,1H3. The van der Waals surface area contributed by atoms with E-state index in [0.717, 1.165) is 17.8 Å². The highest BCUT2D eigenvalue weighted by Gasteiger charge is 2.30. The van der Waals surface area contributed by atoms with Crippen LogP contribution >= 0.6 is 0 Å². The van der Waals surface area contributed by atoms with Crippen molar-refractivity contribution in [2.24, 2.45) is 23.6 Å². The molecule has 0 saturated heterocycles. The van der Waals surface area contributed by atoms with E-state index in [4.69, 9.17) is 5.84 Å². The minimum absolute atomic E-state index is 0.599. The molecule has 2 heteroatoms. The second kappa shape index (κ2) is 5.31. The molecule has 0 bridgehead atoms. The van der Waals surface area contributed by atoms with Crippen molar-refractivity contribution in [1.82, 2.24) is 5.43 Å². The average molecular weight is 210 g/mol. The van der Waals surface area contributed by atoms with Gasteiger partial charge in [-0.25, -0.2) is 0 Å². The Morgan fingerprint density at radius 2 is 1.93 bits per heavy atom. The molecule has 2 rings (SSSR count). The van der Waals surface area contributed by atoms with E-state index in [9.17, 15) is 0 Å². The Morgan fingerprint density at radius 1 is 1.20 bits per heavy atom. The monoisotopic (exact) mass is 210 g/mol. The molecule has 3 unspecified atom stereocenters. The van der Waals surface area contributed by atoms with E-state index in [-0.39, 0.29) is 0 Å². The molecule has 0 amide bonds. The number of rotatable bonds is 6. The van der Waals surface area contributed by atoms with E-state index in [1.165, 1.54) is 51.4 Å². The fraction of sp³-hybridized carbons (Fsp3) is 1.00. The summed E-state index contributed by atoms with van der Waals surface area (Å²) in [5.41, 5.74) is 3.07. The zero-order valence-electron chi connectivity index (χ0n) is 10.0. The average Bonchev–Trinajstić information content (AvgIpc) is 2.96. The Balaban J connectivity index is 1.73. The molecule has 0 radical (unpaired) electrons. The number of hydrazine groups is 1. The third-order valence-electron chi connectivity index (χ3n) is 4.53. The largest absolute Gasteiger partial charge is 0.271 e. The maximum Gasteiger partial charge on any atom is 0.0238 e. The van der Waals surface area contributed by atoms with Crippen molar-refractivity contribution in [2.45, 2.75) is 64.3 Å². The van der Waals surface area contributed by atoms with Gasteiger partial charge < -0.3 is 0 Å².